The molecule has 0 saturated carbocycles. The molecule has 7 nitrogen and oxygen atoms in total. The Bertz CT molecular complexity index is 955. The van der Waals surface area contributed by atoms with Gasteiger partial charge in [0.05, 0.1) is 23.5 Å². The van der Waals surface area contributed by atoms with Crippen molar-refractivity contribution in [2.24, 2.45) is 7.05 Å². The Kier molecular flexibility index (Phi) is 3.66. The zero-order valence-electron chi connectivity index (χ0n) is 13.3. The van der Waals surface area contributed by atoms with E-state index in [1.54, 1.807) is 12.5 Å². The first-order valence-electron chi connectivity index (χ1n) is 7.77. The van der Waals surface area contributed by atoms with Gasteiger partial charge < -0.3 is 5.32 Å². The van der Waals surface area contributed by atoms with Crippen LogP contribution in [0.4, 0.5) is 5.82 Å². The maximum absolute atomic E-state index is 4.46. The first kappa shape index (κ1) is 14.4. The first-order chi connectivity index (χ1) is 11.8. The Hall–Kier alpha value is -3.22. The summed E-state index contributed by atoms with van der Waals surface area (Å²) >= 11 is 0. The Balaban J connectivity index is 1.57. The Morgan fingerprint density at radius 3 is 2.71 bits per heavy atom. The lowest BCUT2D eigenvalue weighted by Crippen LogP contribution is -2.07. The van der Waals surface area contributed by atoms with Crippen molar-refractivity contribution in [1.29, 1.82) is 0 Å². The van der Waals surface area contributed by atoms with Crippen LogP contribution in [0.5, 0.6) is 0 Å². The smallest absolute Gasteiger partial charge is 0.168 e. The van der Waals surface area contributed by atoms with Crippen molar-refractivity contribution in [3.8, 4) is 5.69 Å². The van der Waals surface area contributed by atoms with Crippen LogP contribution in [0.3, 0.4) is 0 Å². The summed E-state index contributed by atoms with van der Waals surface area (Å²) < 4.78 is 3.63. The molecule has 1 aromatic carbocycles. The van der Waals surface area contributed by atoms with Gasteiger partial charge in [0.25, 0.3) is 0 Å². The topological polar surface area (TPSA) is 73.5 Å². The molecule has 0 bridgehead atoms. The van der Waals surface area contributed by atoms with Gasteiger partial charge in [-0.3, -0.25) is 4.68 Å². The third kappa shape index (κ3) is 2.71. The SMILES string of the molecule is Cn1cc(CCNc2ncnc3c2cnn3-c2ccccc2)cn1. The molecule has 1 N–H and O–H groups in total. The zero-order chi connectivity index (χ0) is 16.4. The molecule has 0 atom stereocenters. The number of nitrogens with zero attached hydrogens (tertiary/aromatic N) is 6. The lowest BCUT2D eigenvalue weighted by atomic mass is 10.2. The second-order valence-corrected chi connectivity index (χ2v) is 5.55. The van der Waals surface area contributed by atoms with Crippen LogP contribution in [0.25, 0.3) is 16.7 Å². The summed E-state index contributed by atoms with van der Waals surface area (Å²) in [6, 6.07) is 9.96. The van der Waals surface area contributed by atoms with Gasteiger partial charge in [0.1, 0.15) is 12.1 Å². The van der Waals surface area contributed by atoms with E-state index in [1.165, 1.54) is 5.56 Å². The normalized spacial score (nSPS) is 11.0. The standard InChI is InChI=1S/C17H17N7/c1-23-11-13(9-21-23)7-8-18-16-15-10-22-24(17(15)20-12-19-16)14-5-3-2-4-6-14/h2-6,9-12H,7-8H2,1H3,(H,18,19,20). The van der Waals surface area contributed by atoms with Crippen LogP contribution in [-0.2, 0) is 13.5 Å². The summed E-state index contributed by atoms with van der Waals surface area (Å²) in [5, 5.41) is 12.9. The minimum Gasteiger partial charge on any atom is -0.369 e. The predicted octanol–water partition coefficient (Wildman–Crippen LogP) is 2.20. The summed E-state index contributed by atoms with van der Waals surface area (Å²) in [6.07, 6.45) is 8.14. The van der Waals surface area contributed by atoms with E-state index in [4.69, 9.17) is 0 Å². The molecule has 4 aromatic rings. The maximum Gasteiger partial charge on any atom is 0.168 e. The van der Waals surface area contributed by atoms with Crippen molar-refractivity contribution in [2.75, 3.05) is 11.9 Å². The van der Waals surface area contributed by atoms with Gasteiger partial charge in [0.15, 0.2) is 5.65 Å². The number of anilines is 1. The summed E-state index contributed by atoms with van der Waals surface area (Å²) in [5.74, 6) is 0.797. The van der Waals surface area contributed by atoms with E-state index in [1.807, 2.05) is 59.1 Å². The van der Waals surface area contributed by atoms with Gasteiger partial charge in [-0.25, -0.2) is 14.6 Å². The average Bonchev–Trinajstić information content (AvgIpc) is 3.22. The van der Waals surface area contributed by atoms with Gasteiger partial charge in [-0.15, -0.1) is 0 Å². The molecule has 0 aliphatic heterocycles. The number of benzene rings is 1. The molecule has 0 spiro atoms. The molecule has 0 radical (unpaired) electrons. The molecule has 0 amide bonds. The number of hydrogen-bond acceptors (Lipinski definition) is 5. The van der Waals surface area contributed by atoms with Crippen molar-refractivity contribution in [1.82, 2.24) is 29.5 Å². The van der Waals surface area contributed by atoms with E-state index in [2.05, 4.69) is 25.5 Å². The molecule has 120 valence electrons. The lowest BCUT2D eigenvalue weighted by Gasteiger charge is -2.06. The molecule has 0 aliphatic rings. The van der Waals surface area contributed by atoms with Crippen molar-refractivity contribution >= 4 is 16.9 Å². The highest BCUT2D eigenvalue weighted by molar-refractivity contribution is 5.87. The summed E-state index contributed by atoms with van der Waals surface area (Å²) in [7, 11) is 1.92. The molecular weight excluding hydrogens is 302 g/mol. The zero-order valence-corrected chi connectivity index (χ0v) is 13.3. The van der Waals surface area contributed by atoms with E-state index in [9.17, 15) is 0 Å². The van der Waals surface area contributed by atoms with Crippen LogP contribution in [0.15, 0.2) is 55.2 Å². The summed E-state index contributed by atoms with van der Waals surface area (Å²) in [6.45, 7) is 0.772. The van der Waals surface area contributed by atoms with Gasteiger partial charge in [0, 0.05) is 19.8 Å². The van der Waals surface area contributed by atoms with Crippen LogP contribution in [0, 0.1) is 0 Å². The fraction of sp³-hybridized carbons (Fsp3) is 0.176. The number of nitrogens with one attached hydrogen (secondary N) is 1. The van der Waals surface area contributed by atoms with Gasteiger partial charge in [0.2, 0.25) is 0 Å². The Morgan fingerprint density at radius 1 is 1.04 bits per heavy atom. The van der Waals surface area contributed by atoms with Crippen molar-refractivity contribution in [3.05, 3.63) is 60.8 Å². The molecule has 0 unspecified atom stereocenters. The molecule has 3 aromatic heterocycles. The third-order valence-corrected chi connectivity index (χ3v) is 3.83. The number of rotatable bonds is 5. The van der Waals surface area contributed by atoms with Crippen LogP contribution >= 0.6 is 0 Å². The fourth-order valence-electron chi connectivity index (χ4n) is 2.67. The van der Waals surface area contributed by atoms with Gasteiger partial charge >= 0.3 is 0 Å². The van der Waals surface area contributed by atoms with E-state index in [0.717, 1.165) is 35.5 Å². The Morgan fingerprint density at radius 2 is 1.92 bits per heavy atom. The number of aryl methyl sites for hydroxylation is 1. The number of hydrogen-bond donors (Lipinski definition) is 1. The molecule has 0 aliphatic carbocycles. The monoisotopic (exact) mass is 319 g/mol. The highest BCUT2D eigenvalue weighted by atomic mass is 15.3. The maximum atomic E-state index is 4.46. The number of fused-ring (bicyclic) bond motifs is 1. The highest BCUT2D eigenvalue weighted by Crippen LogP contribution is 2.21. The van der Waals surface area contributed by atoms with Crippen LogP contribution in [0.2, 0.25) is 0 Å². The van der Waals surface area contributed by atoms with E-state index < -0.39 is 0 Å². The molecule has 3 heterocycles. The molecule has 7 heteroatoms. The van der Waals surface area contributed by atoms with Crippen molar-refractivity contribution in [2.45, 2.75) is 6.42 Å². The van der Waals surface area contributed by atoms with Crippen LogP contribution in [-0.4, -0.2) is 36.1 Å². The minimum absolute atomic E-state index is 0.772. The lowest BCUT2D eigenvalue weighted by molar-refractivity contribution is 0.767. The van der Waals surface area contributed by atoms with Crippen LogP contribution in [0.1, 0.15) is 5.56 Å². The third-order valence-electron chi connectivity index (χ3n) is 3.83. The summed E-state index contributed by atoms with van der Waals surface area (Å²) in [5.41, 5.74) is 2.96. The van der Waals surface area contributed by atoms with E-state index in [-0.39, 0.29) is 0 Å². The Labute approximate surface area is 139 Å². The first-order valence-corrected chi connectivity index (χ1v) is 7.77. The average molecular weight is 319 g/mol. The second kappa shape index (κ2) is 6.11. The van der Waals surface area contributed by atoms with Crippen molar-refractivity contribution in [3.63, 3.8) is 0 Å². The number of para-hydroxylation sites is 1. The summed E-state index contributed by atoms with van der Waals surface area (Å²) in [4.78, 5) is 8.74. The van der Waals surface area contributed by atoms with Crippen molar-refractivity contribution < 1.29 is 0 Å². The van der Waals surface area contributed by atoms with E-state index >= 15 is 0 Å². The highest BCUT2D eigenvalue weighted by Gasteiger charge is 2.10. The van der Waals surface area contributed by atoms with Gasteiger partial charge in [-0.1, -0.05) is 18.2 Å². The minimum atomic E-state index is 0.772. The predicted molar refractivity (Wildman–Crippen MR) is 92.1 cm³/mol. The quantitative estimate of drug-likeness (QED) is 0.610. The van der Waals surface area contributed by atoms with Gasteiger partial charge in [-0.2, -0.15) is 10.2 Å². The number of aromatic nitrogens is 6. The largest absolute Gasteiger partial charge is 0.369 e. The molecule has 0 saturated heterocycles. The fourth-order valence-corrected chi connectivity index (χ4v) is 2.67. The van der Waals surface area contributed by atoms with Crippen LogP contribution < -0.4 is 5.32 Å². The molecule has 0 fully saturated rings. The van der Waals surface area contributed by atoms with E-state index in [0.29, 0.717) is 0 Å². The second-order valence-electron chi connectivity index (χ2n) is 5.55. The molecular formula is C17H17N7. The molecule has 4 rings (SSSR count). The molecule has 24 heavy (non-hydrogen) atoms. The van der Waals surface area contributed by atoms with Gasteiger partial charge in [-0.05, 0) is 24.1 Å².